The first kappa shape index (κ1) is 29.3. The van der Waals surface area contributed by atoms with Gasteiger partial charge >= 0.3 is 6.09 Å². The van der Waals surface area contributed by atoms with E-state index < -0.39 is 18.5 Å². The molecule has 1 aliphatic rings. The average molecular weight is 549 g/mol. The van der Waals surface area contributed by atoms with Gasteiger partial charge in [-0.2, -0.15) is 0 Å². The fourth-order valence-corrected chi connectivity index (χ4v) is 4.60. The normalized spacial score (nSPS) is 19.6. The number of carbonyl (C=O) groups excluding carboxylic acids is 1. The zero-order valence-electron chi connectivity index (χ0n) is 22.5. The first-order valence-corrected chi connectivity index (χ1v) is 13.2. The molecule has 0 spiro atoms. The fraction of sp³-hybridized carbons (Fsp3) is 0.323. The number of carbonyl (C=O) groups is 1. The predicted molar refractivity (Wildman–Crippen MR) is 151 cm³/mol. The molecule has 0 radical (unpaired) electrons. The molecule has 1 heterocycles. The molecule has 40 heavy (non-hydrogen) atoms. The van der Waals surface area contributed by atoms with Gasteiger partial charge in [-0.1, -0.05) is 61.2 Å². The lowest BCUT2D eigenvalue weighted by Gasteiger charge is -2.38. The molecule has 4 N–H and O–H groups in total. The molecule has 9 heteroatoms. The number of ether oxygens (including phenoxy) is 3. The van der Waals surface area contributed by atoms with E-state index in [-0.39, 0.29) is 31.2 Å². The maximum Gasteiger partial charge on any atom is 0.411 e. The minimum Gasteiger partial charge on any atom is -0.508 e. The molecule has 0 saturated carbocycles. The highest BCUT2D eigenvalue weighted by Gasteiger charge is 2.33. The maximum atomic E-state index is 11.9. The Balaban J connectivity index is 1.46. The van der Waals surface area contributed by atoms with E-state index in [1.807, 2.05) is 48.3 Å². The van der Waals surface area contributed by atoms with Gasteiger partial charge in [0.25, 0.3) is 0 Å². The summed E-state index contributed by atoms with van der Waals surface area (Å²) >= 11 is 0. The van der Waals surface area contributed by atoms with Crippen molar-refractivity contribution >= 4 is 11.8 Å². The smallest absolute Gasteiger partial charge is 0.411 e. The molecule has 3 aromatic rings. The van der Waals surface area contributed by atoms with E-state index in [9.17, 15) is 20.1 Å². The number of phenolic OH excluding ortho intramolecular Hbond substituents is 1. The zero-order chi connectivity index (χ0) is 28.5. The minimum atomic E-state index is -0.771. The minimum absolute atomic E-state index is 0.0337. The molecule has 4 rings (SSSR count). The summed E-state index contributed by atoms with van der Waals surface area (Å²) in [4.78, 5) is 13.8. The van der Waals surface area contributed by atoms with Gasteiger partial charge in [-0.05, 0) is 48.0 Å². The van der Waals surface area contributed by atoms with Crippen molar-refractivity contribution in [3.05, 3.63) is 108 Å². The molecule has 4 atom stereocenters. The van der Waals surface area contributed by atoms with Crippen LogP contribution in [0.3, 0.4) is 0 Å². The number of amides is 1. The van der Waals surface area contributed by atoms with Crippen molar-refractivity contribution in [2.24, 2.45) is 0 Å². The summed E-state index contributed by atoms with van der Waals surface area (Å²) in [5.74, 6) is 0.111. The second kappa shape index (κ2) is 14.1. The summed E-state index contributed by atoms with van der Waals surface area (Å²) in [6.07, 6.45) is -0.381. The number of benzene rings is 3. The summed E-state index contributed by atoms with van der Waals surface area (Å²) in [5, 5.41) is 32.6. The molecular weight excluding hydrogens is 512 g/mol. The van der Waals surface area contributed by atoms with Crippen LogP contribution < -0.4 is 5.32 Å². The van der Waals surface area contributed by atoms with E-state index in [2.05, 4.69) is 11.9 Å². The number of nitrogens with one attached hydrogen (secondary N) is 1. The Morgan fingerprint density at radius 3 is 2.52 bits per heavy atom. The third-order valence-electron chi connectivity index (χ3n) is 6.63. The molecule has 0 bridgehead atoms. The standard InChI is InChI=1S/C31H36N2O7/c1-3-15-38-31(37)32-25-13-11-23(12-14-25)30-39-27(17-29(40-30)22-9-7-21(20-34)8-10-22)18-33(2)19-28(36)24-5-4-6-26(35)16-24/h3-14,16,27-30,34-36H,1,15,17-20H2,2H3,(H,32,37)/t27-,28+,29+,30+/m0/s1. The van der Waals surface area contributed by atoms with Gasteiger partial charge in [0.2, 0.25) is 0 Å². The Morgan fingerprint density at radius 2 is 1.85 bits per heavy atom. The van der Waals surface area contributed by atoms with Crippen molar-refractivity contribution in [1.29, 1.82) is 0 Å². The first-order chi connectivity index (χ1) is 19.3. The van der Waals surface area contributed by atoms with Crippen LogP contribution in [0.2, 0.25) is 0 Å². The van der Waals surface area contributed by atoms with E-state index >= 15 is 0 Å². The third-order valence-corrected chi connectivity index (χ3v) is 6.63. The SMILES string of the molecule is C=CCOC(=O)Nc1ccc([C@@H]2O[C@H](CN(C)C[C@@H](O)c3cccc(O)c3)C[C@H](c3ccc(CO)cc3)O2)cc1. The average Bonchev–Trinajstić information content (AvgIpc) is 2.96. The number of anilines is 1. The highest BCUT2D eigenvalue weighted by atomic mass is 16.7. The highest BCUT2D eigenvalue weighted by Crippen LogP contribution is 2.38. The number of aromatic hydroxyl groups is 1. The molecule has 0 aromatic heterocycles. The van der Waals surface area contributed by atoms with E-state index in [0.717, 1.165) is 16.7 Å². The molecule has 3 aromatic carbocycles. The van der Waals surface area contributed by atoms with Gasteiger partial charge in [0, 0.05) is 30.8 Å². The topological polar surface area (TPSA) is 121 Å². The molecule has 9 nitrogen and oxygen atoms in total. The van der Waals surface area contributed by atoms with Crippen molar-refractivity contribution in [2.45, 2.75) is 37.6 Å². The fourth-order valence-electron chi connectivity index (χ4n) is 4.60. The molecule has 1 saturated heterocycles. The van der Waals surface area contributed by atoms with Gasteiger partial charge in [0.15, 0.2) is 6.29 Å². The summed E-state index contributed by atoms with van der Waals surface area (Å²) in [5.41, 5.74) is 3.79. The number of hydrogen-bond acceptors (Lipinski definition) is 8. The highest BCUT2D eigenvalue weighted by molar-refractivity contribution is 5.84. The van der Waals surface area contributed by atoms with Crippen molar-refractivity contribution in [2.75, 3.05) is 32.1 Å². The van der Waals surface area contributed by atoms with E-state index in [0.29, 0.717) is 30.8 Å². The zero-order valence-corrected chi connectivity index (χ0v) is 22.5. The molecular formula is C31H36N2O7. The number of rotatable bonds is 11. The van der Waals surface area contributed by atoms with E-state index in [1.165, 1.54) is 6.08 Å². The Bertz CT molecular complexity index is 1250. The largest absolute Gasteiger partial charge is 0.508 e. The van der Waals surface area contributed by atoms with Gasteiger partial charge in [-0.25, -0.2) is 4.79 Å². The van der Waals surface area contributed by atoms with Crippen molar-refractivity contribution in [3.63, 3.8) is 0 Å². The predicted octanol–water partition coefficient (Wildman–Crippen LogP) is 4.83. The monoisotopic (exact) mass is 548 g/mol. The summed E-state index contributed by atoms with van der Waals surface area (Å²) in [6, 6.07) is 21.4. The van der Waals surface area contributed by atoms with Crippen LogP contribution in [0.15, 0.2) is 85.5 Å². The molecule has 1 aliphatic heterocycles. The Hall–Kier alpha value is -3.73. The van der Waals surface area contributed by atoms with Crippen LogP contribution in [0.5, 0.6) is 5.75 Å². The Kier molecular flexibility index (Phi) is 10.3. The van der Waals surface area contributed by atoms with Crippen LogP contribution in [-0.2, 0) is 20.8 Å². The van der Waals surface area contributed by atoms with E-state index in [1.54, 1.807) is 36.4 Å². The van der Waals surface area contributed by atoms with Gasteiger partial charge in [-0.15, -0.1) is 0 Å². The molecule has 0 unspecified atom stereocenters. The lowest BCUT2D eigenvalue weighted by molar-refractivity contribution is -0.252. The summed E-state index contributed by atoms with van der Waals surface area (Å²) in [6.45, 7) is 4.50. The quantitative estimate of drug-likeness (QED) is 0.252. The van der Waals surface area contributed by atoms with Crippen LogP contribution in [0.4, 0.5) is 10.5 Å². The lowest BCUT2D eigenvalue weighted by Crippen LogP contribution is -2.39. The molecule has 1 amide bonds. The van der Waals surface area contributed by atoms with Gasteiger partial charge in [0.1, 0.15) is 12.4 Å². The summed E-state index contributed by atoms with van der Waals surface area (Å²) < 4.78 is 17.7. The molecule has 212 valence electrons. The Morgan fingerprint density at radius 1 is 1.12 bits per heavy atom. The second-order valence-corrected chi connectivity index (χ2v) is 9.82. The number of nitrogens with zero attached hydrogens (tertiary/aromatic N) is 1. The first-order valence-electron chi connectivity index (χ1n) is 13.2. The third kappa shape index (κ3) is 8.14. The van der Waals surface area contributed by atoms with Gasteiger partial charge in [0.05, 0.1) is 24.9 Å². The van der Waals surface area contributed by atoms with Crippen molar-refractivity contribution < 1.29 is 34.3 Å². The number of hydrogen-bond donors (Lipinski definition) is 4. The van der Waals surface area contributed by atoms with Crippen LogP contribution >= 0.6 is 0 Å². The van der Waals surface area contributed by atoms with E-state index in [4.69, 9.17) is 14.2 Å². The summed E-state index contributed by atoms with van der Waals surface area (Å²) in [7, 11) is 1.91. The van der Waals surface area contributed by atoms with Crippen molar-refractivity contribution in [3.8, 4) is 5.75 Å². The number of phenols is 1. The number of aliphatic hydroxyl groups excluding tert-OH is 2. The number of likely N-dealkylation sites (N-methyl/N-ethyl adjacent to an activating group) is 1. The van der Waals surface area contributed by atoms with Crippen molar-refractivity contribution in [1.82, 2.24) is 4.90 Å². The van der Waals surface area contributed by atoms with Crippen LogP contribution in [-0.4, -0.2) is 59.2 Å². The van der Waals surface area contributed by atoms with Gasteiger partial charge < -0.3 is 34.4 Å². The number of aliphatic hydroxyl groups is 2. The lowest BCUT2D eigenvalue weighted by atomic mass is 9.99. The van der Waals surface area contributed by atoms with Crippen LogP contribution in [0.1, 0.15) is 47.2 Å². The second-order valence-electron chi connectivity index (χ2n) is 9.82. The van der Waals surface area contributed by atoms with Gasteiger partial charge in [-0.3, -0.25) is 5.32 Å². The molecule has 1 fully saturated rings. The van der Waals surface area contributed by atoms with Crippen LogP contribution in [0, 0.1) is 0 Å². The van der Waals surface area contributed by atoms with Crippen LogP contribution in [0.25, 0.3) is 0 Å². The maximum absolute atomic E-state index is 11.9. The molecule has 0 aliphatic carbocycles. The Labute approximate surface area is 234 Å².